The number of rotatable bonds is 5. The smallest absolute Gasteiger partial charge is 0.311 e. The minimum atomic E-state index is -0.691. The third-order valence-corrected chi connectivity index (χ3v) is 3.94. The lowest BCUT2D eigenvalue weighted by molar-refractivity contribution is -0.385. The van der Waals surface area contributed by atoms with Gasteiger partial charge < -0.3 is 14.7 Å². The number of hydrogen-bond acceptors (Lipinski definition) is 5. The molecule has 1 atom stereocenters. The summed E-state index contributed by atoms with van der Waals surface area (Å²) in [5.74, 6) is -0.681. The summed E-state index contributed by atoms with van der Waals surface area (Å²) in [7, 11) is 0. The zero-order chi connectivity index (χ0) is 16.8. The Kier molecular flexibility index (Phi) is 5.92. The Hall–Kier alpha value is -2.15. The Labute approximate surface area is 135 Å². The zero-order valence-corrected chi connectivity index (χ0v) is 13.2. The molecule has 1 saturated heterocycles. The van der Waals surface area contributed by atoms with Gasteiger partial charge in [0.2, 0.25) is 0 Å². The summed E-state index contributed by atoms with van der Waals surface area (Å²) in [4.78, 5) is 24.4. The third-order valence-electron chi connectivity index (χ3n) is 3.94. The van der Waals surface area contributed by atoms with E-state index in [-0.39, 0.29) is 17.6 Å². The molecule has 0 aromatic heterocycles. The number of hydrogen-bond donors (Lipinski definition) is 1. The van der Waals surface area contributed by atoms with Crippen molar-refractivity contribution in [2.45, 2.75) is 38.7 Å². The molecular formula is C16H22N2O5. The molecule has 126 valence electrons. The topological polar surface area (TPSA) is 92.9 Å². The van der Waals surface area contributed by atoms with Gasteiger partial charge in [0, 0.05) is 31.3 Å². The van der Waals surface area contributed by atoms with E-state index in [1.165, 1.54) is 12.1 Å². The van der Waals surface area contributed by atoms with Crippen LogP contribution in [0.5, 0.6) is 5.75 Å². The number of aromatic hydroxyl groups is 1. The van der Waals surface area contributed by atoms with E-state index < -0.39 is 16.4 Å². The standard InChI is InChI=1S/C16H22N2O5/c1-2-10-23-13-4-3-8-17(9-7-13)16(20)12-5-6-15(19)14(11-12)18(21)22/h5-6,11,13,19H,2-4,7-10H2,1H3/t13-/m0/s1. The maximum atomic E-state index is 12.5. The Morgan fingerprint density at radius 2 is 2.22 bits per heavy atom. The average Bonchev–Trinajstić information content (AvgIpc) is 2.78. The third kappa shape index (κ3) is 4.41. The summed E-state index contributed by atoms with van der Waals surface area (Å²) in [5, 5.41) is 20.4. The molecule has 1 aliphatic rings. The molecule has 1 amide bonds. The van der Waals surface area contributed by atoms with Gasteiger partial charge in [-0.25, -0.2) is 0 Å². The van der Waals surface area contributed by atoms with Crippen LogP contribution in [0.2, 0.25) is 0 Å². The molecule has 23 heavy (non-hydrogen) atoms. The molecule has 0 unspecified atom stereocenters. The number of nitro benzene ring substituents is 1. The SMILES string of the molecule is CCCO[C@H]1CCCN(C(=O)c2ccc(O)c([N+](=O)[O-])c2)CC1. The monoisotopic (exact) mass is 322 g/mol. The first-order valence-corrected chi connectivity index (χ1v) is 7.91. The molecule has 0 aliphatic carbocycles. The molecule has 1 aromatic rings. The van der Waals surface area contributed by atoms with E-state index in [1.54, 1.807) is 4.90 Å². The molecular weight excluding hydrogens is 300 g/mol. The van der Waals surface area contributed by atoms with E-state index in [4.69, 9.17) is 4.74 Å². The number of carbonyl (C=O) groups excluding carboxylic acids is 1. The Morgan fingerprint density at radius 1 is 1.43 bits per heavy atom. The highest BCUT2D eigenvalue weighted by Crippen LogP contribution is 2.27. The number of phenols is 1. The van der Waals surface area contributed by atoms with Crippen LogP contribution in [0.15, 0.2) is 18.2 Å². The van der Waals surface area contributed by atoms with Crippen molar-refractivity contribution in [3.8, 4) is 5.75 Å². The number of likely N-dealkylation sites (tertiary alicyclic amines) is 1. The number of ether oxygens (including phenoxy) is 1. The summed E-state index contributed by atoms with van der Waals surface area (Å²) >= 11 is 0. The van der Waals surface area contributed by atoms with Crippen molar-refractivity contribution in [1.29, 1.82) is 0 Å². The van der Waals surface area contributed by atoms with E-state index in [1.807, 2.05) is 0 Å². The maximum absolute atomic E-state index is 12.5. The van der Waals surface area contributed by atoms with Gasteiger partial charge in [-0.2, -0.15) is 0 Å². The van der Waals surface area contributed by atoms with Gasteiger partial charge in [0.15, 0.2) is 5.75 Å². The van der Waals surface area contributed by atoms with Crippen molar-refractivity contribution in [2.75, 3.05) is 19.7 Å². The second-order valence-corrected chi connectivity index (χ2v) is 5.68. The Balaban J connectivity index is 2.05. The number of amides is 1. The molecule has 0 radical (unpaired) electrons. The predicted molar refractivity (Wildman–Crippen MR) is 84.5 cm³/mol. The lowest BCUT2D eigenvalue weighted by Crippen LogP contribution is -2.32. The molecule has 0 bridgehead atoms. The van der Waals surface area contributed by atoms with Crippen molar-refractivity contribution in [1.82, 2.24) is 4.90 Å². The summed E-state index contributed by atoms with van der Waals surface area (Å²) in [6.45, 7) is 3.97. The van der Waals surface area contributed by atoms with Crippen LogP contribution in [0.4, 0.5) is 5.69 Å². The molecule has 2 rings (SSSR count). The summed E-state index contributed by atoms with van der Waals surface area (Å²) < 4.78 is 5.75. The van der Waals surface area contributed by atoms with E-state index in [2.05, 4.69) is 6.92 Å². The quantitative estimate of drug-likeness (QED) is 0.664. The molecule has 1 N–H and O–H groups in total. The minimum Gasteiger partial charge on any atom is -0.502 e. The molecule has 7 heteroatoms. The van der Waals surface area contributed by atoms with E-state index in [0.717, 1.165) is 38.4 Å². The number of phenolic OH excluding ortho intramolecular Hbond substituents is 1. The molecule has 0 spiro atoms. The van der Waals surface area contributed by atoms with Crippen molar-refractivity contribution in [3.63, 3.8) is 0 Å². The first kappa shape index (κ1) is 17.2. The fraction of sp³-hybridized carbons (Fsp3) is 0.562. The Bertz CT molecular complexity index is 576. The predicted octanol–water partition coefficient (Wildman–Crippen LogP) is 2.72. The van der Waals surface area contributed by atoms with Gasteiger partial charge >= 0.3 is 5.69 Å². The van der Waals surface area contributed by atoms with E-state index in [9.17, 15) is 20.0 Å². The number of nitro groups is 1. The second kappa shape index (κ2) is 7.92. The largest absolute Gasteiger partial charge is 0.502 e. The lowest BCUT2D eigenvalue weighted by Gasteiger charge is -2.20. The van der Waals surface area contributed by atoms with Gasteiger partial charge in [0.05, 0.1) is 11.0 Å². The Morgan fingerprint density at radius 3 is 2.91 bits per heavy atom. The highest BCUT2D eigenvalue weighted by molar-refractivity contribution is 5.95. The fourth-order valence-corrected chi connectivity index (χ4v) is 2.71. The van der Waals surface area contributed by atoms with Crippen molar-refractivity contribution in [3.05, 3.63) is 33.9 Å². The average molecular weight is 322 g/mol. The number of carbonyl (C=O) groups is 1. The van der Waals surface area contributed by atoms with Crippen LogP contribution in [0.25, 0.3) is 0 Å². The van der Waals surface area contributed by atoms with Gasteiger partial charge in [0.1, 0.15) is 0 Å². The maximum Gasteiger partial charge on any atom is 0.311 e. The van der Waals surface area contributed by atoms with Crippen LogP contribution in [0, 0.1) is 10.1 Å². The fourth-order valence-electron chi connectivity index (χ4n) is 2.71. The van der Waals surface area contributed by atoms with Gasteiger partial charge in [0.25, 0.3) is 5.91 Å². The summed E-state index contributed by atoms with van der Waals surface area (Å²) in [6.07, 6.45) is 3.67. The van der Waals surface area contributed by atoms with E-state index in [0.29, 0.717) is 13.1 Å². The van der Waals surface area contributed by atoms with Gasteiger partial charge in [-0.1, -0.05) is 6.92 Å². The number of benzene rings is 1. The molecule has 1 heterocycles. The lowest BCUT2D eigenvalue weighted by atomic mass is 10.1. The second-order valence-electron chi connectivity index (χ2n) is 5.68. The molecule has 0 saturated carbocycles. The van der Waals surface area contributed by atoms with Gasteiger partial charge in [-0.05, 0) is 37.8 Å². The normalized spacial score (nSPS) is 18.5. The minimum absolute atomic E-state index is 0.168. The number of nitrogens with zero attached hydrogens (tertiary/aromatic N) is 2. The molecule has 1 fully saturated rings. The van der Waals surface area contributed by atoms with Crippen LogP contribution >= 0.6 is 0 Å². The summed E-state index contributed by atoms with van der Waals surface area (Å²) in [5.41, 5.74) is -0.225. The van der Waals surface area contributed by atoms with Crippen LogP contribution in [0.3, 0.4) is 0 Å². The van der Waals surface area contributed by atoms with Crippen molar-refractivity contribution >= 4 is 11.6 Å². The first-order chi connectivity index (χ1) is 11.0. The first-order valence-electron chi connectivity index (χ1n) is 7.91. The summed E-state index contributed by atoms with van der Waals surface area (Å²) in [6, 6.07) is 3.74. The van der Waals surface area contributed by atoms with Crippen molar-refractivity contribution in [2.24, 2.45) is 0 Å². The zero-order valence-electron chi connectivity index (χ0n) is 13.2. The molecule has 7 nitrogen and oxygen atoms in total. The van der Waals surface area contributed by atoms with Crippen LogP contribution in [-0.4, -0.2) is 46.6 Å². The molecule has 1 aliphatic heterocycles. The van der Waals surface area contributed by atoms with Crippen LogP contribution in [0.1, 0.15) is 43.0 Å². The highest BCUT2D eigenvalue weighted by atomic mass is 16.6. The van der Waals surface area contributed by atoms with Gasteiger partial charge in [-0.15, -0.1) is 0 Å². The van der Waals surface area contributed by atoms with Crippen LogP contribution in [-0.2, 0) is 4.74 Å². The molecule has 1 aromatic carbocycles. The van der Waals surface area contributed by atoms with Crippen LogP contribution < -0.4 is 0 Å². The van der Waals surface area contributed by atoms with Crippen molar-refractivity contribution < 1.29 is 19.6 Å². The highest BCUT2D eigenvalue weighted by Gasteiger charge is 2.24. The van der Waals surface area contributed by atoms with E-state index >= 15 is 0 Å². The van der Waals surface area contributed by atoms with Gasteiger partial charge in [-0.3, -0.25) is 14.9 Å².